The molecule has 0 bridgehead atoms. The lowest BCUT2D eigenvalue weighted by molar-refractivity contribution is -0.118. The zero-order chi connectivity index (χ0) is 11.4. The maximum atomic E-state index is 10.8. The summed E-state index contributed by atoms with van der Waals surface area (Å²) in [6.45, 7) is 1.60. The number of pyridine rings is 1. The number of hydrogen-bond acceptors (Lipinski definition) is 5. The number of primary amides is 1. The average molecular weight is 205 g/mol. The number of hydrogen-bond donors (Lipinski definition) is 3. The minimum atomic E-state index is -0.562. The monoisotopic (exact) mass is 205 g/mol. The fraction of sp³-hybridized carbons (Fsp3) is 0.222. The number of nitrogens with two attached hydrogens (primary N) is 2. The number of nitriles is 1. The van der Waals surface area contributed by atoms with E-state index in [4.69, 9.17) is 16.7 Å². The minimum Gasteiger partial charge on any atom is -0.396 e. The number of nitrogen functional groups attached to an aromatic ring is 1. The second-order valence-corrected chi connectivity index (χ2v) is 3.04. The quantitative estimate of drug-likeness (QED) is 0.632. The molecule has 1 rings (SSSR count). The number of amides is 1. The van der Waals surface area contributed by atoms with Gasteiger partial charge in [-0.05, 0) is 13.0 Å². The molecule has 0 spiro atoms. The van der Waals surface area contributed by atoms with Gasteiger partial charge in [-0.2, -0.15) is 5.26 Å². The number of rotatable bonds is 3. The van der Waals surface area contributed by atoms with Crippen molar-refractivity contribution >= 4 is 17.4 Å². The van der Waals surface area contributed by atoms with Gasteiger partial charge >= 0.3 is 0 Å². The minimum absolute atomic E-state index is 0.308. The number of carbonyl (C=O) groups excluding carboxylic acids is 1. The van der Waals surface area contributed by atoms with Gasteiger partial charge < -0.3 is 16.8 Å². The Morgan fingerprint density at radius 1 is 1.73 bits per heavy atom. The van der Waals surface area contributed by atoms with E-state index in [1.54, 1.807) is 6.92 Å². The lowest BCUT2D eigenvalue weighted by Gasteiger charge is -2.12. The van der Waals surface area contributed by atoms with Crippen molar-refractivity contribution in [1.82, 2.24) is 4.98 Å². The molecule has 1 unspecified atom stereocenters. The van der Waals surface area contributed by atoms with E-state index >= 15 is 0 Å². The molecular formula is C9H11N5O. The van der Waals surface area contributed by atoms with Crippen molar-refractivity contribution < 1.29 is 4.79 Å². The SMILES string of the molecule is CC(Nc1ncc(C#N)cc1N)C(N)=O. The van der Waals surface area contributed by atoms with Crippen molar-refractivity contribution in [3.63, 3.8) is 0 Å². The lowest BCUT2D eigenvalue weighted by Crippen LogP contribution is -2.33. The van der Waals surface area contributed by atoms with Crippen LogP contribution in [0.2, 0.25) is 0 Å². The topological polar surface area (TPSA) is 118 Å². The molecule has 0 aliphatic carbocycles. The van der Waals surface area contributed by atoms with Gasteiger partial charge in [0, 0.05) is 6.20 Å². The van der Waals surface area contributed by atoms with Crippen LogP contribution in [0, 0.1) is 11.3 Å². The maximum absolute atomic E-state index is 10.8. The summed E-state index contributed by atoms with van der Waals surface area (Å²) in [6, 6.07) is 2.82. The summed E-state index contributed by atoms with van der Waals surface area (Å²) < 4.78 is 0. The summed E-state index contributed by atoms with van der Waals surface area (Å²) in [5, 5.41) is 11.3. The number of nitrogens with one attached hydrogen (secondary N) is 1. The molecule has 0 aliphatic rings. The van der Waals surface area contributed by atoms with Crippen LogP contribution in [0.5, 0.6) is 0 Å². The Labute approximate surface area is 86.9 Å². The van der Waals surface area contributed by atoms with E-state index in [9.17, 15) is 4.79 Å². The molecule has 0 saturated heterocycles. The summed E-state index contributed by atoms with van der Waals surface area (Å²) in [5.41, 5.74) is 11.4. The Morgan fingerprint density at radius 3 is 2.87 bits per heavy atom. The van der Waals surface area contributed by atoms with Crippen molar-refractivity contribution in [2.45, 2.75) is 13.0 Å². The van der Waals surface area contributed by atoms with E-state index in [1.807, 2.05) is 6.07 Å². The van der Waals surface area contributed by atoms with Crippen LogP contribution in [0.25, 0.3) is 0 Å². The average Bonchev–Trinajstić information content (AvgIpc) is 2.20. The van der Waals surface area contributed by atoms with Crippen LogP contribution in [0.4, 0.5) is 11.5 Å². The first-order valence-electron chi connectivity index (χ1n) is 4.26. The summed E-state index contributed by atoms with van der Waals surface area (Å²) in [7, 11) is 0. The fourth-order valence-electron chi connectivity index (χ4n) is 0.940. The summed E-state index contributed by atoms with van der Waals surface area (Å²) >= 11 is 0. The molecule has 0 aliphatic heterocycles. The summed E-state index contributed by atoms with van der Waals surface area (Å²) in [6.07, 6.45) is 1.37. The predicted molar refractivity (Wildman–Crippen MR) is 55.6 cm³/mol. The van der Waals surface area contributed by atoms with Gasteiger partial charge in [0.2, 0.25) is 5.91 Å². The predicted octanol–water partition coefficient (Wildman–Crippen LogP) is -0.179. The van der Waals surface area contributed by atoms with Gasteiger partial charge in [0.05, 0.1) is 11.3 Å². The van der Waals surface area contributed by atoms with Crippen molar-refractivity contribution in [1.29, 1.82) is 5.26 Å². The van der Waals surface area contributed by atoms with Crippen molar-refractivity contribution in [2.24, 2.45) is 5.73 Å². The van der Waals surface area contributed by atoms with E-state index in [0.29, 0.717) is 17.1 Å². The molecular weight excluding hydrogens is 194 g/mol. The molecule has 0 fully saturated rings. The molecule has 1 amide bonds. The molecule has 0 saturated carbocycles. The Bertz CT molecular complexity index is 423. The highest BCUT2D eigenvalue weighted by atomic mass is 16.1. The van der Waals surface area contributed by atoms with E-state index in [2.05, 4.69) is 10.3 Å². The van der Waals surface area contributed by atoms with Crippen molar-refractivity contribution in [3.8, 4) is 6.07 Å². The fourth-order valence-corrected chi connectivity index (χ4v) is 0.940. The molecule has 6 nitrogen and oxygen atoms in total. The maximum Gasteiger partial charge on any atom is 0.239 e. The molecule has 1 aromatic heterocycles. The molecule has 5 N–H and O–H groups in total. The Kier molecular flexibility index (Phi) is 3.08. The third-order valence-corrected chi connectivity index (χ3v) is 1.83. The zero-order valence-electron chi connectivity index (χ0n) is 8.19. The normalized spacial score (nSPS) is 11.5. The molecule has 1 heterocycles. The molecule has 15 heavy (non-hydrogen) atoms. The highest BCUT2D eigenvalue weighted by Gasteiger charge is 2.10. The molecule has 6 heteroatoms. The van der Waals surface area contributed by atoms with Crippen LogP contribution in [0.3, 0.4) is 0 Å². The van der Waals surface area contributed by atoms with Gasteiger partial charge in [-0.25, -0.2) is 4.98 Å². The van der Waals surface area contributed by atoms with Gasteiger partial charge in [0.15, 0.2) is 0 Å². The van der Waals surface area contributed by atoms with E-state index < -0.39 is 11.9 Å². The van der Waals surface area contributed by atoms with Gasteiger partial charge in [-0.1, -0.05) is 0 Å². The van der Waals surface area contributed by atoms with Crippen LogP contribution in [0.1, 0.15) is 12.5 Å². The van der Waals surface area contributed by atoms with E-state index in [1.165, 1.54) is 12.3 Å². The van der Waals surface area contributed by atoms with Crippen LogP contribution in [-0.4, -0.2) is 16.9 Å². The number of nitrogens with zero attached hydrogens (tertiary/aromatic N) is 2. The first-order valence-corrected chi connectivity index (χ1v) is 4.26. The molecule has 0 aromatic carbocycles. The molecule has 0 radical (unpaired) electrons. The Hall–Kier alpha value is -2.29. The number of aromatic nitrogens is 1. The first kappa shape index (κ1) is 10.8. The third-order valence-electron chi connectivity index (χ3n) is 1.83. The second kappa shape index (κ2) is 4.28. The van der Waals surface area contributed by atoms with Gasteiger partial charge in [-0.3, -0.25) is 4.79 Å². The molecule has 78 valence electrons. The largest absolute Gasteiger partial charge is 0.396 e. The van der Waals surface area contributed by atoms with E-state index in [0.717, 1.165) is 0 Å². The third kappa shape index (κ3) is 2.57. The summed E-state index contributed by atoms with van der Waals surface area (Å²) in [5.74, 6) is -0.152. The Morgan fingerprint density at radius 2 is 2.40 bits per heavy atom. The van der Waals surface area contributed by atoms with Crippen LogP contribution < -0.4 is 16.8 Å². The van der Waals surface area contributed by atoms with Crippen LogP contribution in [0.15, 0.2) is 12.3 Å². The number of anilines is 2. The highest BCUT2D eigenvalue weighted by molar-refractivity contribution is 5.83. The summed E-state index contributed by atoms with van der Waals surface area (Å²) in [4.78, 5) is 14.7. The highest BCUT2D eigenvalue weighted by Crippen LogP contribution is 2.16. The second-order valence-electron chi connectivity index (χ2n) is 3.04. The Balaban J connectivity index is 2.88. The smallest absolute Gasteiger partial charge is 0.239 e. The standard InChI is InChI=1S/C9H11N5O/c1-5(8(12)15)14-9-7(11)2-6(3-10)4-13-9/h2,4-5H,11H2,1H3,(H2,12,15)(H,13,14). The zero-order valence-corrected chi connectivity index (χ0v) is 8.19. The van der Waals surface area contributed by atoms with Crippen molar-refractivity contribution in [2.75, 3.05) is 11.1 Å². The molecule has 1 atom stereocenters. The van der Waals surface area contributed by atoms with Crippen molar-refractivity contribution in [3.05, 3.63) is 17.8 Å². The molecule has 1 aromatic rings. The van der Waals surface area contributed by atoms with Crippen LogP contribution in [-0.2, 0) is 4.79 Å². The first-order chi connectivity index (χ1) is 7.04. The van der Waals surface area contributed by atoms with Gasteiger partial charge in [0.1, 0.15) is 17.9 Å². The number of carbonyl (C=O) groups is 1. The van der Waals surface area contributed by atoms with Gasteiger partial charge in [0.25, 0.3) is 0 Å². The van der Waals surface area contributed by atoms with Crippen LogP contribution >= 0.6 is 0 Å². The lowest BCUT2D eigenvalue weighted by atomic mass is 10.2. The van der Waals surface area contributed by atoms with E-state index in [-0.39, 0.29) is 0 Å². The van der Waals surface area contributed by atoms with Gasteiger partial charge in [-0.15, -0.1) is 0 Å².